The first-order valence-corrected chi connectivity index (χ1v) is 32.9. The van der Waals surface area contributed by atoms with Crippen LogP contribution in [0.2, 0.25) is 0 Å². The van der Waals surface area contributed by atoms with Gasteiger partial charge < -0.3 is 25.0 Å². The predicted molar refractivity (Wildman–Crippen MR) is 351 cm³/mol. The summed E-state index contributed by atoms with van der Waals surface area (Å²) in [6, 6.07) is 0. The highest BCUT2D eigenvalue weighted by Crippen LogP contribution is 2.77. The maximum Gasteiger partial charge on any atom is 0.137 e. The molecule has 468 valence electrons. The van der Waals surface area contributed by atoms with Gasteiger partial charge in [0, 0.05) is 23.2 Å². The Kier molecular flexibility index (Phi) is 24.9. The minimum atomic E-state index is -0.808. The lowest BCUT2D eigenvalue weighted by Crippen LogP contribution is -2.66. The van der Waals surface area contributed by atoms with Gasteiger partial charge in [-0.1, -0.05) is 150 Å². The Morgan fingerprint density at radius 3 is 1.48 bits per heavy atom. The number of rotatable bonds is 14. The van der Waals surface area contributed by atoms with Gasteiger partial charge in [-0.05, 0) is 225 Å². The maximum atomic E-state index is 14.2. The third kappa shape index (κ3) is 13.5. The fourth-order valence-corrected chi connectivity index (χ4v) is 20.6. The van der Waals surface area contributed by atoms with Crippen LogP contribution < -0.4 is 0 Å². The number of carbonyl (C=O) groups is 1. The zero-order chi connectivity index (χ0) is 60.3. The summed E-state index contributed by atoms with van der Waals surface area (Å²) in [5.74, 6) is 2.62. The van der Waals surface area contributed by atoms with Crippen molar-refractivity contribution < 1.29 is 29.8 Å². The second-order valence-electron chi connectivity index (χ2n) is 29.9. The summed E-state index contributed by atoms with van der Waals surface area (Å²) in [5, 5.41) is 44.7. The van der Waals surface area contributed by atoms with Crippen molar-refractivity contribution in [3.8, 4) is 0 Å². The smallest absolute Gasteiger partial charge is 0.137 e. The van der Waals surface area contributed by atoms with Gasteiger partial charge in [0.1, 0.15) is 19.0 Å². The number of hydrogen-bond acceptors (Lipinski definition) is 8. The summed E-state index contributed by atoms with van der Waals surface area (Å²) in [4.78, 5) is 25.3. The highest BCUT2D eigenvalue weighted by molar-refractivity contribution is 7.15. The fourth-order valence-electron chi connectivity index (χ4n) is 20.6. The number of oxime groups is 2. The molecule has 0 bridgehead atoms. The molecule has 8 saturated carbocycles. The quantitative estimate of drug-likeness (QED) is 0.0524. The van der Waals surface area contributed by atoms with E-state index in [9.17, 15) is 20.1 Å². The molecule has 0 aromatic heterocycles. The van der Waals surface area contributed by atoms with E-state index in [0.29, 0.717) is 58.3 Å². The van der Waals surface area contributed by atoms with E-state index in [-0.39, 0.29) is 93.3 Å². The molecule has 8 rings (SSSR count). The summed E-state index contributed by atoms with van der Waals surface area (Å²) in [5.41, 5.74) is 3.83. The van der Waals surface area contributed by atoms with Gasteiger partial charge >= 0.3 is 0 Å². The lowest BCUT2D eigenvalue weighted by Gasteiger charge is -2.70. The number of hydrogen-bond donors (Lipinski definition) is 3. The Hall–Kier alpha value is -1.54. The zero-order valence-electron chi connectivity index (χ0n) is 54.0. The first-order valence-electron chi connectivity index (χ1n) is 31.4. The molecular formula is C70H123Cl2N2O6P. The molecule has 0 heterocycles. The Balaban J connectivity index is 0.000000384. The number of ketones is 1. The molecule has 0 spiro atoms. The molecule has 18 atom stereocenters. The van der Waals surface area contributed by atoms with Crippen molar-refractivity contribution in [1.82, 2.24) is 0 Å². The van der Waals surface area contributed by atoms with Gasteiger partial charge in [0.25, 0.3) is 0 Å². The Morgan fingerprint density at radius 2 is 1.05 bits per heavy atom. The highest BCUT2D eigenvalue weighted by Gasteiger charge is 2.73. The Morgan fingerprint density at radius 1 is 0.667 bits per heavy atom. The average Bonchev–Trinajstić information content (AvgIpc) is 3.96. The molecule has 8 aliphatic rings. The van der Waals surface area contributed by atoms with E-state index in [0.717, 1.165) is 96.3 Å². The second kappa shape index (κ2) is 28.1. The molecule has 0 aromatic carbocycles. The van der Waals surface area contributed by atoms with Gasteiger partial charge in [-0.3, -0.25) is 4.79 Å². The number of Topliss-reactive ketones (excluding diaryl/α,β-unsaturated/α-hetero) is 1. The third-order valence-electron chi connectivity index (χ3n) is 24.9. The third-order valence-corrected chi connectivity index (χ3v) is 24.9. The standard InChI is InChI=1S/C33H55NO3.C33H53NO3.CH2Cl2.CH5P.2CH4/c2*1-10-20-37-34-27-15-17-30(6)25(29(27,4)5)14-19-31(7)26(30)21-24(35)28-23(13-18-32(28,31)8)33(9,36)16-11-12-22(2)3;2-1-3;1-2;;/h10,12,23-26,28,35-36H,1,11,13-21H2,2-9H3;10,12,23,25-26,28,36H,1,11,13-21H2,2-9H3;1H2;2H2,1H3;2*1H4/b2*34-27+;;;;/t23?,24-,25?,26?,28?,30+,31-,32-,33+;23?,25?,26?,28?,30-,31+,32+,33-;;;;/m10..../s1/i;;;2D;;. The number of carbonyl (C=O) groups excluding carboxylic acids is 1. The number of allylic oxidation sites excluding steroid dienone is 4. The van der Waals surface area contributed by atoms with E-state index in [4.69, 9.17) is 34.2 Å². The number of fused-ring (bicyclic) bond motifs is 10. The summed E-state index contributed by atoms with van der Waals surface area (Å²) >= 11 is 9.53. The lowest BCUT2D eigenvalue weighted by molar-refractivity contribution is -0.226. The van der Waals surface area contributed by atoms with Crippen molar-refractivity contribution in [2.45, 2.75) is 259 Å². The van der Waals surface area contributed by atoms with Gasteiger partial charge in [-0.2, -0.15) is 0 Å². The molecule has 0 radical (unpaired) electrons. The first-order chi connectivity index (χ1) is 37.1. The molecule has 8 fully saturated rings. The molecule has 8 nitrogen and oxygen atoms in total. The van der Waals surface area contributed by atoms with E-state index in [1.807, 2.05) is 20.5 Å². The molecule has 0 saturated heterocycles. The molecule has 11 heteroatoms. The molecular weight excluding hydrogens is 1070 g/mol. The minimum absolute atomic E-state index is 0. The van der Waals surface area contributed by atoms with Crippen molar-refractivity contribution in [2.24, 2.45) is 101 Å². The van der Waals surface area contributed by atoms with Gasteiger partial charge in [-0.15, -0.1) is 32.4 Å². The monoisotopic (exact) mass is 1190 g/mol. The topological polar surface area (TPSA) is 121 Å². The van der Waals surface area contributed by atoms with Crippen LogP contribution in [0, 0.1) is 90.7 Å². The van der Waals surface area contributed by atoms with Gasteiger partial charge in [0.05, 0.1) is 35.3 Å². The van der Waals surface area contributed by atoms with Crippen LogP contribution in [0.25, 0.3) is 0 Å². The van der Waals surface area contributed by atoms with Crippen molar-refractivity contribution in [3.63, 3.8) is 0 Å². The first kappa shape index (κ1) is 71.9. The van der Waals surface area contributed by atoms with Crippen LogP contribution >= 0.6 is 32.4 Å². The lowest BCUT2D eigenvalue weighted by atomic mass is 9.35. The Bertz CT molecular complexity index is 2270. The molecule has 8 aliphatic carbocycles. The van der Waals surface area contributed by atoms with Crippen molar-refractivity contribution in [3.05, 3.63) is 48.6 Å². The highest BCUT2D eigenvalue weighted by atomic mass is 35.5. The molecule has 9 unspecified atom stereocenters. The molecule has 3 N–H and O–H groups in total. The molecule has 0 aliphatic heterocycles. The summed E-state index contributed by atoms with van der Waals surface area (Å²) in [6.45, 7) is 47.1. The number of aliphatic hydroxyl groups is 3. The fraction of sp³-hybridized carbons (Fsp3) is 0.843. The number of halogens is 2. The predicted octanol–water partition coefficient (Wildman–Crippen LogP) is 18.8. The summed E-state index contributed by atoms with van der Waals surface area (Å²) < 4.78 is 6.24. The van der Waals surface area contributed by atoms with E-state index in [1.54, 1.807) is 12.2 Å². The number of aliphatic hydroxyl groups excluding tert-OH is 1. The Labute approximate surface area is 511 Å². The minimum Gasteiger partial charge on any atom is -0.393 e. The van der Waals surface area contributed by atoms with Gasteiger partial charge in [0.2, 0.25) is 0 Å². The van der Waals surface area contributed by atoms with Crippen LogP contribution in [-0.4, -0.2) is 76.3 Å². The largest absolute Gasteiger partial charge is 0.393 e. The maximum absolute atomic E-state index is 14.2. The van der Waals surface area contributed by atoms with Crippen LogP contribution in [-0.2, 0) is 14.5 Å². The zero-order valence-corrected chi connectivity index (χ0v) is 55.5. The second-order valence-corrected chi connectivity index (χ2v) is 30.7. The van der Waals surface area contributed by atoms with E-state index < -0.39 is 11.2 Å². The van der Waals surface area contributed by atoms with Crippen molar-refractivity contribution in [2.75, 3.05) is 25.2 Å². The normalized spacial score (nSPS) is 41.0. The molecule has 0 amide bonds. The van der Waals surface area contributed by atoms with E-state index in [1.165, 1.54) is 35.4 Å². The van der Waals surface area contributed by atoms with Crippen LogP contribution in [0.3, 0.4) is 0 Å². The summed E-state index contributed by atoms with van der Waals surface area (Å²) in [6.07, 6.45) is 25.3. The van der Waals surface area contributed by atoms with Crippen molar-refractivity contribution in [1.29, 1.82) is 1.28 Å². The average molecular weight is 1190 g/mol. The van der Waals surface area contributed by atoms with Crippen LogP contribution in [0.5, 0.6) is 0 Å². The van der Waals surface area contributed by atoms with E-state index >= 15 is 0 Å². The van der Waals surface area contributed by atoms with Crippen LogP contribution in [0.15, 0.2) is 58.9 Å². The van der Waals surface area contributed by atoms with Gasteiger partial charge in [0.15, 0.2) is 0 Å². The molecule has 81 heavy (non-hydrogen) atoms. The van der Waals surface area contributed by atoms with Gasteiger partial charge in [-0.25, -0.2) is 0 Å². The number of alkyl halides is 2. The molecule has 0 aromatic rings. The van der Waals surface area contributed by atoms with E-state index in [2.05, 4.69) is 133 Å². The summed E-state index contributed by atoms with van der Waals surface area (Å²) in [7, 11) is 0.333. The van der Waals surface area contributed by atoms with Crippen LogP contribution in [0.4, 0.5) is 0 Å². The SMILES string of the molecule is C.C.C=CCO/N=C1\CC[C@@]2(C)C(CC[C@]3(C)C2CC(=O)C2C([C@@](C)(O)CCC=C(C)C)CC[C@]23C)C1(C)C.C=CCO/N=C1\CC[C@@]2(C)C(CC[C@]3(C)C2C[C@@H](O)C2C([C@@](C)(O)CCC=C(C)C)CC[C@]23C)C1(C)C.ClCCl.[2H]PC. The van der Waals surface area contributed by atoms with Crippen molar-refractivity contribution >= 4 is 49.6 Å². The van der Waals surface area contributed by atoms with Crippen LogP contribution in [0.1, 0.15) is 241 Å². The number of nitrogens with zero attached hydrogens (tertiary/aromatic N) is 2.